The Morgan fingerprint density at radius 2 is 1.23 bits per heavy atom. The maximum absolute atomic E-state index is 12.1. The van der Waals surface area contributed by atoms with Gasteiger partial charge in [-0.25, -0.2) is 4.79 Å². The molecule has 0 unspecified atom stereocenters. The monoisotopic (exact) mass is 436 g/mol. The second-order valence-electron chi connectivity index (χ2n) is 8.54. The van der Waals surface area contributed by atoms with Crippen molar-refractivity contribution in [2.24, 2.45) is 7.05 Å². The lowest BCUT2D eigenvalue weighted by atomic mass is 10.0. The highest BCUT2D eigenvalue weighted by Crippen LogP contribution is 2.14. The summed E-state index contributed by atoms with van der Waals surface area (Å²) in [4.78, 5) is 37.1. The Bertz CT molecular complexity index is 712. The summed E-state index contributed by atoms with van der Waals surface area (Å²) in [6.07, 6.45) is 21.5. The number of carbonyl (C=O) groups is 1. The van der Waals surface area contributed by atoms with Gasteiger partial charge in [0, 0.05) is 13.6 Å². The van der Waals surface area contributed by atoms with E-state index < -0.39 is 11.2 Å². The van der Waals surface area contributed by atoms with Gasteiger partial charge in [0.25, 0.3) is 5.56 Å². The van der Waals surface area contributed by atoms with Crippen molar-refractivity contribution in [3.8, 4) is 0 Å². The van der Waals surface area contributed by atoms with Crippen molar-refractivity contribution in [2.45, 2.75) is 110 Å². The van der Waals surface area contributed by atoms with Gasteiger partial charge in [-0.05, 0) is 6.42 Å². The lowest BCUT2D eigenvalue weighted by Gasteiger charge is -2.11. The fourth-order valence-corrected chi connectivity index (χ4v) is 3.83. The van der Waals surface area contributed by atoms with Crippen LogP contribution in [0.25, 0.3) is 0 Å². The molecule has 1 amide bonds. The summed E-state index contributed by atoms with van der Waals surface area (Å²) in [5.41, 5.74) is -0.949. The molecule has 1 heterocycles. The first-order valence-electron chi connectivity index (χ1n) is 12.4. The molecular formula is C24H44N4O3. The Morgan fingerprint density at radius 1 is 0.774 bits per heavy atom. The van der Waals surface area contributed by atoms with E-state index in [1.54, 1.807) is 0 Å². The number of amides is 1. The number of unbranched alkanes of at least 4 members (excludes halogenated alkanes) is 15. The van der Waals surface area contributed by atoms with Gasteiger partial charge in [-0.2, -0.15) is 0 Å². The Labute approximate surface area is 187 Å². The summed E-state index contributed by atoms with van der Waals surface area (Å²) in [7, 11) is 1.37. The molecule has 1 aromatic rings. The topological polar surface area (TPSA) is 96.0 Å². The van der Waals surface area contributed by atoms with Crippen molar-refractivity contribution in [2.75, 3.05) is 17.2 Å². The van der Waals surface area contributed by atoms with E-state index >= 15 is 0 Å². The molecule has 7 nitrogen and oxygen atoms in total. The average Bonchev–Trinajstić information content (AvgIpc) is 2.76. The molecule has 0 fully saturated rings. The third-order valence-electron chi connectivity index (χ3n) is 5.84. The van der Waals surface area contributed by atoms with E-state index in [9.17, 15) is 14.4 Å². The molecule has 3 N–H and O–H groups in total. The summed E-state index contributed by atoms with van der Waals surface area (Å²) in [5.74, 6) is 0.279. The van der Waals surface area contributed by atoms with Crippen LogP contribution in [0.1, 0.15) is 110 Å². The summed E-state index contributed by atoms with van der Waals surface area (Å²) in [5, 5.41) is 5.44. The molecule has 0 aliphatic rings. The van der Waals surface area contributed by atoms with E-state index in [-0.39, 0.29) is 11.5 Å². The van der Waals surface area contributed by atoms with Crippen LogP contribution in [0.2, 0.25) is 0 Å². The van der Waals surface area contributed by atoms with Gasteiger partial charge in [0.05, 0.1) is 0 Å². The van der Waals surface area contributed by atoms with Crippen LogP contribution in [-0.2, 0) is 11.8 Å². The highest BCUT2D eigenvalue weighted by Gasteiger charge is 2.11. The Balaban J connectivity index is 2.00. The van der Waals surface area contributed by atoms with Crippen LogP contribution in [-0.4, -0.2) is 22.5 Å². The van der Waals surface area contributed by atoms with Crippen molar-refractivity contribution < 1.29 is 4.79 Å². The summed E-state index contributed by atoms with van der Waals surface area (Å²) in [6.45, 7) is 2.92. The van der Waals surface area contributed by atoms with Crippen molar-refractivity contribution >= 4 is 17.9 Å². The second-order valence-corrected chi connectivity index (χ2v) is 8.54. The van der Waals surface area contributed by atoms with Gasteiger partial charge in [-0.1, -0.05) is 103 Å². The molecule has 0 aromatic carbocycles. The summed E-state index contributed by atoms with van der Waals surface area (Å²) >= 11 is 0. The van der Waals surface area contributed by atoms with E-state index in [0.29, 0.717) is 13.0 Å². The quantitative estimate of drug-likeness (QED) is 0.190. The molecule has 0 bridgehead atoms. The number of rotatable bonds is 20. The molecule has 1 aromatic heterocycles. The molecular weight excluding hydrogens is 392 g/mol. The first-order chi connectivity index (χ1) is 15.1. The number of carbonyl (C=O) groups excluding carboxylic acids is 1. The number of aromatic nitrogens is 2. The number of aromatic amines is 1. The minimum Gasteiger partial charge on any atom is -0.370 e. The van der Waals surface area contributed by atoms with Gasteiger partial charge in [0.15, 0.2) is 0 Å². The van der Waals surface area contributed by atoms with Crippen molar-refractivity contribution in [3.63, 3.8) is 0 Å². The number of nitrogens with zero attached hydrogens (tertiary/aromatic N) is 1. The highest BCUT2D eigenvalue weighted by atomic mass is 16.2. The molecule has 0 aliphatic heterocycles. The molecule has 0 radical (unpaired) electrons. The molecule has 1 rings (SSSR count). The maximum Gasteiger partial charge on any atom is 0.329 e. The van der Waals surface area contributed by atoms with Gasteiger partial charge in [-0.3, -0.25) is 19.1 Å². The van der Waals surface area contributed by atoms with Crippen LogP contribution >= 0.6 is 0 Å². The highest BCUT2D eigenvalue weighted by molar-refractivity contribution is 5.77. The van der Waals surface area contributed by atoms with Crippen LogP contribution in [0, 0.1) is 0 Å². The van der Waals surface area contributed by atoms with Crippen molar-refractivity contribution in [1.29, 1.82) is 0 Å². The Hall–Kier alpha value is -2.05. The van der Waals surface area contributed by atoms with Crippen molar-refractivity contribution in [3.05, 3.63) is 20.8 Å². The van der Waals surface area contributed by atoms with E-state index in [0.717, 1.165) is 17.4 Å². The van der Waals surface area contributed by atoms with E-state index in [4.69, 9.17) is 0 Å². The normalized spacial score (nSPS) is 10.9. The second kappa shape index (κ2) is 17.6. The molecule has 0 aliphatic carbocycles. The smallest absolute Gasteiger partial charge is 0.329 e. The first kappa shape index (κ1) is 27.0. The largest absolute Gasteiger partial charge is 0.370 e. The Morgan fingerprint density at radius 3 is 1.68 bits per heavy atom. The number of anilines is 2. The molecule has 31 heavy (non-hydrogen) atoms. The molecule has 0 saturated heterocycles. The first-order valence-corrected chi connectivity index (χ1v) is 12.4. The predicted molar refractivity (Wildman–Crippen MR) is 130 cm³/mol. The van der Waals surface area contributed by atoms with E-state index in [1.165, 1.54) is 96.9 Å². The lowest BCUT2D eigenvalue weighted by Crippen LogP contribution is -2.35. The van der Waals surface area contributed by atoms with Gasteiger partial charge < -0.3 is 10.6 Å². The summed E-state index contributed by atoms with van der Waals surface area (Å²) in [6, 6.07) is 0. The fraction of sp³-hybridized carbons (Fsp3) is 0.792. The van der Waals surface area contributed by atoms with Crippen LogP contribution in [0.3, 0.4) is 0 Å². The van der Waals surface area contributed by atoms with Crippen LogP contribution in [0.4, 0.5) is 11.5 Å². The number of H-pyrrole nitrogens is 1. The predicted octanol–water partition coefficient (Wildman–Crippen LogP) is 5.32. The zero-order valence-electron chi connectivity index (χ0n) is 19.8. The van der Waals surface area contributed by atoms with Crippen LogP contribution in [0.5, 0.6) is 0 Å². The lowest BCUT2D eigenvalue weighted by molar-refractivity contribution is -0.105. The minimum absolute atomic E-state index is 0.0774. The Kier molecular flexibility index (Phi) is 15.3. The standard InChI is InChI=1S/C24H44N4O3/c1-3-4-5-6-7-8-9-10-11-12-13-14-15-16-17-18-19-25-22-21(26-20-29)23(30)28(2)24(31)27-22/h20,25H,3-19H2,1-2H3,(H,26,29)(H,27,31). The minimum atomic E-state index is -0.523. The van der Waals surface area contributed by atoms with E-state index in [2.05, 4.69) is 22.5 Å². The van der Waals surface area contributed by atoms with Gasteiger partial charge in [-0.15, -0.1) is 0 Å². The van der Waals surface area contributed by atoms with Gasteiger partial charge in [0.1, 0.15) is 11.5 Å². The molecule has 0 atom stereocenters. The molecule has 0 spiro atoms. The number of nitrogens with one attached hydrogen (secondary N) is 3. The fourth-order valence-electron chi connectivity index (χ4n) is 3.83. The third-order valence-corrected chi connectivity index (χ3v) is 5.84. The molecule has 7 heteroatoms. The zero-order valence-corrected chi connectivity index (χ0v) is 19.8. The summed E-state index contributed by atoms with van der Waals surface area (Å²) < 4.78 is 0.936. The third kappa shape index (κ3) is 11.8. The van der Waals surface area contributed by atoms with E-state index in [1.807, 2.05) is 0 Å². The van der Waals surface area contributed by atoms with Crippen LogP contribution < -0.4 is 21.9 Å². The molecule has 178 valence electrons. The van der Waals surface area contributed by atoms with Crippen molar-refractivity contribution in [1.82, 2.24) is 9.55 Å². The average molecular weight is 437 g/mol. The maximum atomic E-state index is 12.1. The van der Waals surface area contributed by atoms with Gasteiger partial charge >= 0.3 is 5.69 Å². The SMILES string of the molecule is CCCCCCCCCCCCCCCCCCNc1[nH]c(=O)n(C)c(=O)c1NC=O. The van der Waals surface area contributed by atoms with Crippen LogP contribution in [0.15, 0.2) is 9.59 Å². The molecule has 0 saturated carbocycles. The number of hydrogen-bond donors (Lipinski definition) is 3. The number of hydrogen-bond acceptors (Lipinski definition) is 4. The zero-order chi connectivity index (χ0) is 22.7. The van der Waals surface area contributed by atoms with Gasteiger partial charge in [0.2, 0.25) is 6.41 Å².